The van der Waals surface area contributed by atoms with Gasteiger partial charge in [-0.1, -0.05) is 42.8 Å². The lowest BCUT2D eigenvalue weighted by molar-refractivity contribution is -0.137. The van der Waals surface area contributed by atoms with Gasteiger partial charge in [0.05, 0.1) is 15.5 Å². The van der Waals surface area contributed by atoms with Crippen LogP contribution in [0.15, 0.2) is 28.8 Å². The summed E-state index contributed by atoms with van der Waals surface area (Å²) in [5, 5.41) is -0.717. The summed E-state index contributed by atoms with van der Waals surface area (Å²) in [6.45, 7) is 8.30. The first-order valence-electron chi connectivity index (χ1n) is 10.6. The number of nitrogens with zero attached hydrogens (tertiary/aromatic N) is 3. The predicted octanol–water partition coefficient (Wildman–Crippen LogP) is 5.60. The zero-order valence-electron chi connectivity index (χ0n) is 18.1. The molecular weight excluding hydrogens is 447 g/mol. The third kappa shape index (κ3) is 5.52. The van der Waals surface area contributed by atoms with Crippen LogP contribution in [0.1, 0.15) is 49.6 Å². The maximum Gasteiger partial charge on any atom is 0.417 e. The van der Waals surface area contributed by atoms with E-state index in [-0.39, 0.29) is 10.9 Å². The van der Waals surface area contributed by atoms with E-state index in [0.29, 0.717) is 23.6 Å². The number of allylic oxidation sites excluding steroid dienone is 1. The molecule has 31 heavy (non-hydrogen) atoms. The van der Waals surface area contributed by atoms with Gasteiger partial charge in [0, 0.05) is 32.4 Å². The highest BCUT2D eigenvalue weighted by atomic mass is 35.5. The second kappa shape index (κ2) is 10.0. The number of hydrogen-bond donors (Lipinski definition) is 0. The van der Waals surface area contributed by atoms with Crippen molar-refractivity contribution in [2.24, 2.45) is 0 Å². The van der Waals surface area contributed by atoms with Crippen LogP contribution in [0.4, 0.5) is 13.2 Å². The van der Waals surface area contributed by atoms with Crippen LogP contribution >= 0.6 is 23.4 Å². The van der Waals surface area contributed by atoms with Crippen LogP contribution < -0.4 is 0 Å². The Labute approximate surface area is 191 Å². The van der Waals surface area contributed by atoms with Gasteiger partial charge in [0.2, 0.25) is 0 Å². The number of carbonyl (C=O) groups is 1. The molecule has 9 heteroatoms. The van der Waals surface area contributed by atoms with E-state index in [4.69, 9.17) is 11.6 Å². The SMILES string of the molecule is CCCCN1CCCN(C(=O)C2=C(C)N(C)C(c3ccc(Cl)c(C(F)(F)F)c3)S2)CC1. The minimum atomic E-state index is -4.52. The second-order valence-electron chi connectivity index (χ2n) is 8.07. The molecule has 1 aromatic carbocycles. The first kappa shape index (κ1) is 24.3. The number of benzene rings is 1. The molecule has 1 saturated heterocycles. The van der Waals surface area contributed by atoms with Crippen molar-refractivity contribution in [1.29, 1.82) is 0 Å². The Morgan fingerprint density at radius 1 is 1.23 bits per heavy atom. The molecule has 1 atom stereocenters. The highest BCUT2D eigenvalue weighted by Crippen LogP contribution is 2.48. The smallest absolute Gasteiger partial charge is 0.361 e. The lowest BCUT2D eigenvalue weighted by Gasteiger charge is -2.24. The van der Waals surface area contributed by atoms with E-state index in [1.807, 2.05) is 23.8 Å². The van der Waals surface area contributed by atoms with Crippen LogP contribution in [0, 0.1) is 0 Å². The molecule has 1 amide bonds. The zero-order valence-corrected chi connectivity index (χ0v) is 19.7. The van der Waals surface area contributed by atoms with Crippen LogP contribution in [0.2, 0.25) is 5.02 Å². The Hall–Kier alpha value is -1.38. The van der Waals surface area contributed by atoms with Crippen molar-refractivity contribution < 1.29 is 18.0 Å². The van der Waals surface area contributed by atoms with E-state index in [1.54, 1.807) is 6.07 Å². The van der Waals surface area contributed by atoms with Gasteiger partial charge in [-0.2, -0.15) is 13.2 Å². The Morgan fingerprint density at radius 2 is 1.97 bits per heavy atom. The van der Waals surface area contributed by atoms with Crippen LogP contribution in [0.3, 0.4) is 0 Å². The van der Waals surface area contributed by atoms with E-state index < -0.39 is 17.1 Å². The molecule has 2 aliphatic rings. The Kier molecular flexibility index (Phi) is 7.86. The summed E-state index contributed by atoms with van der Waals surface area (Å²) < 4.78 is 39.9. The van der Waals surface area contributed by atoms with E-state index in [1.165, 1.54) is 17.8 Å². The van der Waals surface area contributed by atoms with Crippen molar-refractivity contribution in [3.05, 3.63) is 45.0 Å². The van der Waals surface area contributed by atoms with Gasteiger partial charge in [-0.05, 0) is 50.6 Å². The number of carbonyl (C=O) groups excluding carboxylic acids is 1. The number of unbranched alkanes of at least 4 members (excludes halogenated alkanes) is 1. The van der Waals surface area contributed by atoms with Gasteiger partial charge in [-0.3, -0.25) is 4.79 Å². The van der Waals surface area contributed by atoms with Gasteiger partial charge >= 0.3 is 6.18 Å². The lowest BCUT2D eigenvalue weighted by Crippen LogP contribution is -2.36. The van der Waals surface area contributed by atoms with Gasteiger partial charge in [0.15, 0.2) is 0 Å². The lowest BCUT2D eigenvalue weighted by atomic mass is 10.1. The number of halogens is 4. The summed E-state index contributed by atoms with van der Waals surface area (Å²) in [5.74, 6) is -0.0285. The average molecular weight is 476 g/mol. The summed E-state index contributed by atoms with van der Waals surface area (Å²) in [5.41, 5.74) is 0.418. The molecule has 1 fully saturated rings. The monoisotopic (exact) mass is 475 g/mol. The van der Waals surface area contributed by atoms with Crippen molar-refractivity contribution in [3.63, 3.8) is 0 Å². The van der Waals surface area contributed by atoms with Crippen LogP contribution in [-0.4, -0.2) is 60.4 Å². The molecule has 1 unspecified atom stereocenters. The van der Waals surface area contributed by atoms with Gasteiger partial charge in [0.25, 0.3) is 5.91 Å². The fourth-order valence-corrected chi connectivity index (χ4v) is 5.54. The molecule has 0 aliphatic carbocycles. The van der Waals surface area contributed by atoms with E-state index in [9.17, 15) is 18.0 Å². The largest absolute Gasteiger partial charge is 0.417 e. The maximum absolute atomic E-state index is 13.3. The van der Waals surface area contributed by atoms with Crippen LogP contribution in [0.5, 0.6) is 0 Å². The van der Waals surface area contributed by atoms with Crippen molar-refractivity contribution in [3.8, 4) is 0 Å². The first-order valence-corrected chi connectivity index (χ1v) is 11.9. The van der Waals surface area contributed by atoms with Crippen molar-refractivity contribution in [2.45, 2.75) is 44.7 Å². The normalized spacial score (nSPS) is 21.1. The molecule has 0 saturated carbocycles. The Balaban J connectivity index is 1.74. The molecule has 3 rings (SSSR count). The Morgan fingerprint density at radius 3 is 2.65 bits per heavy atom. The summed E-state index contributed by atoms with van der Waals surface area (Å²) in [4.78, 5) is 20.1. The van der Waals surface area contributed by atoms with Crippen LogP contribution in [0.25, 0.3) is 0 Å². The number of hydrogen-bond acceptors (Lipinski definition) is 4. The van der Waals surface area contributed by atoms with Gasteiger partial charge in [-0.25, -0.2) is 0 Å². The standard InChI is InChI=1S/C22H29ClF3N3OS/c1-4-5-9-28-10-6-11-29(13-12-28)20(30)19-15(2)27(3)21(31-19)16-7-8-18(23)17(14-16)22(24,25)26/h7-8,14,21H,4-6,9-13H2,1-3H3. The van der Waals surface area contributed by atoms with Gasteiger partial charge in [0.1, 0.15) is 5.37 Å². The molecule has 0 radical (unpaired) electrons. The number of amides is 1. The fraction of sp³-hybridized carbons (Fsp3) is 0.591. The number of rotatable bonds is 5. The summed E-state index contributed by atoms with van der Waals surface area (Å²) >= 11 is 7.10. The highest BCUT2D eigenvalue weighted by Gasteiger charge is 2.38. The Bertz CT molecular complexity index is 846. The van der Waals surface area contributed by atoms with Crippen molar-refractivity contribution in [2.75, 3.05) is 39.8 Å². The van der Waals surface area contributed by atoms with Gasteiger partial charge in [-0.15, -0.1) is 0 Å². The molecule has 0 aromatic heterocycles. The molecule has 1 aromatic rings. The number of alkyl halides is 3. The molecule has 172 valence electrons. The quantitative estimate of drug-likeness (QED) is 0.553. The van der Waals surface area contributed by atoms with E-state index in [0.717, 1.165) is 50.7 Å². The molecule has 4 nitrogen and oxygen atoms in total. The average Bonchev–Trinajstić information content (AvgIpc) is 2.89. The first-order chi connectivity index (χ1) is 14.6. The zero-order chi connectivity index (χ0) is 22.8. The fourth-order valence-electron chi connectivity index (χ4n) is 3.95. The van der Waals surface area contributed by atoms with E-state index in [2.05, 4.69) is 11.8 Å². The van der Waals surface area contributed by atoms with E-state index >= 15 is 0 Å². The minimum Gasteiger partial charge on any atom is -0.361 e. The summed E-state index contributed by atoms with van der Waals surface area (Å²) in [7, 11) is 1.81. The molecule has 2 heterocycles. The number of thioether (sulfide) groups is 1. The van der Waals surface area contributed by atoms with Crippen molar-refractivity contribution >= 4 is 29.3 Å². The van der Waals surface area contributed by atoms with Gasteiger partial charge < -0.3 is 14.7 Å². The third-order valence-corrected chi connectivity index (χ3v) is 7.76. The molecule has 2 aliphatic heterocycles. The predicted molar refractivity (Wildman–Crippen MR) is 120 cm³/mol. The molecule has 0 spiro atoms. The highest BCUT2D eigenvalue weighted by molar-refractivity contribution is 8.04. The molecule has 0 N–H and O–H groups in total. The maximum atomic E-state index is 13.3. The van der Waals surface area contributed by atoms with Crippen LogP contribution in [-0.2, 0) is 11.0 Å². The summed E-state index contributed by atoms with van der Waals surface area (Å²) in [6.07, 6.45) is -1.29. The summed E-state index contributed by atoms with van der Waals surface area (Å²) in [6, 6.07) is 3.97. The molecule has 0 bridgehead atoms. The topological polar surface area (TPSA) is 26.8 Å². The minimum absolute atomic E-state index is 0.0285. The second-order valence-corrected chi connectivity index (χ2v) is 9.57. The molecular formula is C22H29ClF3N3OS. The third-order valence-electron chi connectivity index (χ3n) is 5.92. The van der Waals surface area contributed by atoms with Crippen molar-refractivity contribution in [1.82, 2.24) is 14.7 Å².